The third-order valence-corrected chi connectivity index (χ3v) is 1.58. The average molecular weight is 153 g/mol. The molecule has 0 aliphatic rings. The van der Waals surface area contributed by atoms with Gasteiger partial charge in [0.1, 0.15) is 6.17 Å². The van der Waals surface area contributed by atoms with Crippen LogP contribution in [0.3, 0.4) is 0 Å². The van der Waals surface area contributed by atoms with Gasteiger partial charge in [0.05, 0.1) is 0 Å². The van der Waals surface area contributed by atoms with E-state index < -0.39 is 6.17 Å². The number of rotatable bonds is 3. The van der Waals surface area contributed by atoms with Crippen LogP contribution >= 0.6 is 0 Å². The smallest absolute Gasteiger partial charge is 0.126 e. The summed E-state index contributed by atoms with van der Waals surface area (Å²) in [5, 5.41) is 0. The molecule has 11 heavy (non-hydrogen) atoms. The summed E-state index contributed by atoms with van der Waals surface area (Å²) in [5.41, 5.74) is 5.95. The Morgan fingerprint density at radius 3 is 2.45 bits per heavy atom. The van der Waals surface area contributed by atoms with E-state index in [2.05, 4.69) is 0 Å². The highest BCUT2D eigenvalue weighted by Gasteiger charge is 2.06. The summed E-state index contributed by atoms with van der Waals surface area (Å²) in [4.78, 5) is 0. The second kappa shape index (κ2) is 4.09. The lowest BCUT2D eigenvalue weighted by molar-refractivity contribution is 0.328. The van der Waals surface area contributed by atoms with Gasteiger partial charge in [-0.25, -0.2) is 4.39 Å². The molecule has 0 fully saturated rings. The number of nitrogens with two attached hydrogens (primary N) is 1. The predicted molar refractivity (Wildman–Crippen MR) is 44.0 cm³/mol. The number of alkyl halides is 1. The standard InChI is InChI=1S/C9H12FN/c10-9(6-7-11)8-4-2-1-3-5-8/h1-5,9H,6-7,11H2/t9-/m1/s1. The molecule has 60 valence electrons. The van der Waals surface area contributed by atoms with Crippen molar-refractivity contribution in [2.45, 2.75) is 12.6 Å². The number of benzene rings is 1. The molecule has 0 aliphatic heterocycles. The van der Waals surface area contributed by atoms with Crippen LogP contribution in [0.1, 0.15) is 18.2 Å². The molecule has 2 heteroatoms. The van der Waals surface area contributed by atoms with E-state index >= 15 is 0 Å². The van der Waals surface area contributed by atoms with Crippen molar-refractivity contribution in [3.63, 3.8) is 0 Å². The van der Waals surface area contributed by atoms with Crippen molar-refractivity contribution in [3.05, 3.63) is 35.9 Å². The summed E-state index contributed by atoms with van der Waals surface area (Å²) in [7, 11) is 0. The van der Waals surface area contributed by atoms with Crippen LogP contribution in [-0.4, -0.2) is 6.54 Å². The second-order valence-electron chi connectivity index (χ2n) is 2.46. The second-order valence-corrected chi connectivity index (χ2v) is 2.46. The van der Waals surface area contributed by atoms with Crippen LogP contribution in [0.2, 0.25) is 0 Å². The van der Waals surface area contributed by atoms with Gasteiger partial charge in [-0.3, -0.25) is 0 Å². The van der Waals surface area contributed by atoms with Gasteiger partial charge in [-0.2, -0.15) is 0 Å². The molecule has 1 nitrogen and oxygen atoms in total. The molecule has 0 saturated carbocycles. The zero-order valence-electron chi connectivity index (χ0n) is 6.33. The fraction of sp³-hybridized carbons (Fsp3) is 0.333. The van der Waals surface area contributed by atoms with Gasteiger partial charge in [-0.1, -0.05) is 30.3 Å². The number of hydrogen-bond acceptors (Lipinski definition) is 1. The van der Waals surface area contributed by atoms with Crippen LogP contribution in [0, 0.1) is 0 Å². The van der Waals surface area contributed by atoms with Crippen molar-refractivity contribution in [2.75, 3.05) is 6.54 Å². The van der Waals surface area contributed by atoms with Crippen LogP contribution in [0.4, 0.5) is 4.39 Å². The predicted octanol–water partition coefficient (Wildman–Crippen LogP) is 2.05. The molecule has 1 aromatic rings. The third-order valence-electron chi connectivity index (χ3n) is 1.58. The summed E-state index contributed by atoms with van der Waals surface area (Å²) in [6.45, 7) is 0.399. The largest absolute Gasteiger partial charge is 0.330 e. The normalized spacial score (nSPS) is 12.9. The molecule has 0 spiro atoms. The molecule has 1 aromatic carbocycles. The average Bonchev–Trinajstić information content (AvgIpc) is 2.07. The Morgan fingerprint density at radius 2 is 1.91 bits per heavy atom. The summed E-state index contributed by atoms with van der Waals surface area (Å²) in [5.74, 6) is 0. The fourth-order valence-corrected chi connectivity index (χ4v) is 0.975. The Morgan fingerprint density at radius 1 is 1.27 bits per heavy atom. The molecule has 0 heterocycles. The van der Waals surface area contributed by atoms with Gasteiger partial charge in [-0.15, -0.1) is 0 Å². The lowest BCUT2D eigenvalue weighted by Crippen LogP contribution is -2.03. The first-order valence-electron chi connectivity index (χ1n) is 3.73. The van der Waals surface area contributed by atoms with E-state index in [9.17, 15) is 4.39 Å². The first-order valence-corrected chi connectivity index (χ1v) is 3.73. The topological polar surface area (TPSA) is 26.0 Å². The van der Waals surface area contributed by atoms with Crippen molar-refractivity contribution in [2.24, 2.45) is 5.73 Å². The minimum Gasteiger partial charge on any atom is -0.330 e. The van der Waals surface area contributed by atoms with Crippen LogP contribution in [-0.2, 0) is 0 Å². The Balaban J connectivity index is 2.61. The summed E-state index contributed by atoms with van der Waals surface area (Å²) >= 11 is 0. The molecule has 0 amide bonds. The zero-order valence-corrected chi connectivity index (χ0v) is 6.33. The first-order chi connectivity index (χ1) is 5.34. The Kier molecular flexibility index (Phi) is 3.05. The van der Waals surface area contributed by atoms with Gasteiger partial charge < -0.3 is 5.73 Å². The Labute approximate surface area is 66.0 Å². The summed E-state index contributed by atoms with van der Waals surface area (Å²) < 4.78 is 13.1. The maximum absolute atomic E-state index is 13.1. The number of hydrogen-bond donors (Lipinski definition) is 1. The lowest BCUT2D eigenvalue weighted by Gasteiger charge is -2.05. The van der Waals surface area contributed by atoms with Gasteiger partial charge in [-0.05, 0) is 18.5 Å². The van der Waals surface area contributed by atoms with E-state index in [1.807, 2.05) is 18.2 Å². The van der Waals surface area contributed by atoms with Gasteiger partial charge in [0.25, 0.3) is 0 Å². The monoisotopic (exact) mass is 153 g/mol. The van der Waals surface area contributed by atoms with Crippen LogP contribution in [0.25, 0.3) is 0 Å². The molecular weight excluding hydrogens is 141 g/mol. The van der Waals surface area contributed by atoms with Gasteiger partial charge in [0.2, 0.25) is 0 Å². The van der Waals surface area contributed by atoms with Gasteiger partial charge >= 0.3 is 0 Å². The summed E-state index contributed by atoms with van der Waals surface area (Å²) in [6.07, 6.45) is -0.495. The molecule has 0 bridgehead atoms. The van der Waals surface area contributed by atoms with E-state index in [1.54, 1.807) is 12.1 Å². The molecule has 0 saturated heterocycles. The van der Waals surface area contributed by atoms with E-state index in [1.165, 1.54) is 0 Å². The van der Waals surface area contributed by atoms with E-state index in [4.69, 9.17) is 5.73 Å². The minimum absolute atomic E-state index is 0.399. The van der Waals surface area contributed by atoms with Crippen molar-refractivity contribution in [1.82, 2.24) is 0 Å². The summed E-state index contributed by atoms with van der Waals surface area (Å²) in [6, 6.07) is 9.09. The van der Waals surface area contributed by atoms with E-state index in [-0.39, 0.29) is 0 Å². The molecule has 1 rings (SSSR count). The number of halogens is 1. The minimum atomic E-state index is -0.902. The van der Waals surface area contributed by atoms with Crippen molar-refractivity contribution in [1.29, 1.82) is 0 Å². The highest BCUT2D eigenvalue weighted by molar-refractivity contribution is 5.17. The molecule has 0 aromatic heterocycles. The highest BCUT2D eigenvalue weighted by Crippen LogP contribution is 2.19. The van der Waals surface area contributed by atoms with Gasteiger partial charge in [0, 0.05) is 0 Å². The SMILES string of the molecule is NCC[C@@H](F)c1ccccc1. The molecule has 0 unspecified atom stereocenters. The first kappa shape index (κ1) is 8.21. The Hall–Kier alpha value is -0.890. The molecule has 2 N–H and O–H groups in total. The van der Waals surface area contributed by atoms with Crippen molar-refractivity contribution < 1.29 is 4.39 Å². The third kappa shape index (κ3) is 2.31. The maximum Gasteiger partial charge on any atom is 0.126 e. The zero-order chi connectivity index (χ0) is 8.10. The lowest BCUT2D eigenvalue weighted by atomic mass is 10.1. The molecule has 0 aliphatic carbocycles. The van der Waals surface area contributed by atoms with E-state index in [0.29, 0.717) is 13.0 Å². The molecular formula is C9H12FN. The van der Waals surface area contributed by atoms with Crippen LogP contribution < -0.4 is 5.73 Å². The Bertz CT molecular complexity index is 198. The van der Waals surface area contributed by atoms with Crippen LogP contribution in [0.15, 0.2) is 30.3 Å². The van der Waals surface area contributed by atoms with Crippen LogP contribution in [0.5, 0.6) is 0 Å². The quantitative estimate of drug-likeness (QED) is 0.706. The van der Waals surface area contributed by atoms with Gasteiger partial charge in [0.15, 0.2) is 0 Å². The fourth-order valence-electron chi connectivity index (χ4n) is 0.975. The maximum atomic E-state index is 13.1. The van der Waals surface area contributed by atoms with Crippen molar-refractivity contribution in [3.8, 4) is 0 Å². The van der Waals surface area contributed by atoms with Crippen molar-refractivity contribution >= 4 is 0 Å². The highest BCUT2D eigenvalue weighted by atomic mass is 19.1. The molecule has 0 radical (unpaired) electrons. The molecule has 1 atom stereocenters. The van der Waals surface area contributed by atoms with E-state index in [0.717, 1.165) is 5.56 Å².